The Kier molecular flexibility index (Phi) is 4.78. The molecule has 1 saturated carbocycles. The van der Waals surface area contributed by atoms with Crippen LogP contribution < -0.4 is 14.8 Å². The summed E-state index contributed by atoms with van der Waals surface area (Å²) in [5.74, 6) is 1.64. The van der Waals surface area contributed by atoms with E-state index in [0.717, 1.165) is 42.9 Å². The van der Waals surface area contributed by atoms with E-state index in [0.29, 0.717) is 18.0 Å². The smallest absolute Gasteiger partial charge is 0.251 e. The minimum Gasteiger partial charge on any atom is -0.448 e. The molecule has 1 amide bonds. The highest BCUT2D eigenvalue weighted by atomic mass is 16.7. The van der Waals surface area contributed by atoms with Gasteiger partial charge in [0.1, 0.15) is 5.76 Å². The van der Waals surface area contributed by atoms with Crippen LogP contribution in [0, 0.1) is 6.92 Å². The molecule has 7 heteroatoms. The van der Waals surface area contributed by atoms with Crippen molar-refractivity contribution in [2.45, 2.75) is 51.4 Å². The molecule has 1 aromatic carbocycles. The third-order valence-electron chi connectivity index (χ3n) is 4.96. The first-order valence-electron chi connectivity index (χ1n) is 9.44. The van der Waals surface area contributed by atoms with Gasteiger partial charge < -0.3 is 19.3 Å². The molecule has 4 rings (SSSR count). The SMILES string of the molecule is Cc1cc(CN(C)CC(=O)Nc2ccc3c(c2)OC2(CCCCC2)O3)no1. The topological polar surface area (TPSA) is 76.8 Å². The average molecular weight is 371 g/mol. The van der Waals surface area contributed by atoms with Crippen molar-refractivity contribution in [1.29, 1.82) is 0 Å². The van der Waals surface area contributed by atoms with Gasteiger partial charge in [0.05, 0.1) is 12.2 Å². The number of ether oxygens (including phenoxy) is 2. The predicted octanol–water partition coefficient (Wildman–Crippen LogP) is 3.49. The Balaban J connectivity index is 1.33. The highest BCUT2D eigenvalue weighted by molar-refractivity contribution is 5.92. The van der Waals surface area contributed by atoms with E-state index in [2.05, 4.69) is 10.5 Å². The lowest BCUT2D eigenvalue weighted by molar-refractivity contribution is -0.117. The number of carbonyl (C=O) groups excluding carboxylic acids is 1. The van der Waals surface area contributed by atoms with E-state index in [1.54, 1.807) is 0 Å². The number of anilines is 1. The van der Waals surface area contributed by atoms with Gasteiger partial charge in [0, 0.05) is 37.2 Å². The number of fused-ring (bicyclic) bond motifs is 1. The van der Waals surface area contributed by atoms with Gasteiger partial charge in [-0.15, -0.1) is 0 Å². The number of amides is 1. The van der Waals surface area contributed by atoms with Gasteiger partial charge in [0.15, 0.2) is 11.5 Å². The Morgan fingerprint density at radius 1 is 1.19 bits per heavy atom. The van der Waals surface area contributed by atoms with E-state index in [1.807, 2.05) is 43.1 Å². The van der Waals surface area contributed by atoms with E-state index < -0.39 is 5.79 Å². The zero-order valence-corrected chi connectivity index (χ0v) is 15.8. The number of aryl methyl sites for hydroxylation is 1. The van der Waals surface area contributed by atoms with Crippen LogP contribution in [0.4, 0.5) is 5.69 Å². The van der Waals surface area contributed by atoms with Crippen LogP contribution in [0.25, 0.3) is 0 Å². The van der Waals surface area contributed by atoms with Gasteiger partial charge in [0.25, 0.3) is 5.79 Å². The maximum Gasteiger partial charge on any atom is 0.251 e. The lowest BCUT2D eigenvalue weighted by Gasteiger charge is -2.31. The molecule has 1 spiro atoms. The fourth-order valence-electron chi connectivity index (χ4n) is 3.74. The van der Waals surface area contributed by atoms with E-state index in [1.165, 1.54) is 6.42 Å². The Bertz CT molecular complexity index is 826. The Hall–Kier alpha value is -2.54. The summed E-state index contributed by atoms with van der Waals surface area (Å²) in [6, 6.07) is 7.43. The third-order valence-corrected chi connectivity index (χ3v) is 4.96. The summed E-state index contributed by atoms with van der Waals surface area (Å²) in [5.41, 5.74) is 1.52. The first-order valence-corrected chi connectivity index (χ1v) is 9.44. The number of nitrogens with one attached hydrogen (secondary N) is 1. The minimum absolute atomic E-state index is 0.0936. The lowest BCUT2D eigenvalue weighted by Crippen LogP contribution is -2.40. The zero-order chi connectivity index (χ0) is 18.9. The highest BCUT2D eigenvalue weighted by Crippen LogP contribution is 2.46. The quantitative estimate of drug-likeness (QED) is 0.867. The summed E-state index contributed by atoms with van der Waals surface area (Å²) in [7, 11) is 1.87. The van der Waals surface area contributed by atoms with Gasteiger partial charge in [-0.3, -0.25) is 9.69 Å². The van der Waals surface area contributed by atoms with E-state index >= 15 is 0 Å². The van der Waals surface area contributed by atoms with E-state index in [-0.39, 0.29) is 12.5 Å². The second-order valence-corrected chi connectivity index (χ2v) is 7.49. The van der Waals surface area contributed by atoms with Gasteiger partial charge in [-0.05, 0) is 38.9 Å². The zero-order valence-electron chi connectivity index (χ0n) is 15.8. The van der Waals surface area contributed by atoms with Crippen molar-refractivity contribution in [3.63, 3.8) is 0 Å². The van der Waals surface area contributed by atoms with Crippen molar-refractivity contribution in [3.05, 3.63) is 35.7 Å². The van der Waals surface area contributed by atoms with Crippen LogP contribution >= 0.6 is 0 Å². The van der Waals surface area contributed by atoms with Gasteiger partial charge in [-0.25, -0.2) is 0 Å². The number of aromatic nitrogens is 1. The summed E-state index contributed by atoms with van der Waals surface area (Å²) < 4.78 is 17.2. The van der Waals surface area contributed by atoms with Crippen LogP contribution in [-0.4, -0.2) is 35.3 Å². The second kappa shape index (κ2) is 7.23. The second-order valence-electron chi connectivity index (χ2n) is 7.49. The van der Waals surface area contributed by atoms with Gasteiger partial charge >= 0.3 is 0 Å². The van der Waals surface area contributed by atoms with Crippen molar-refractivity contribution in [3.8, 4) is 11.5 Å². The molecule has 1 aliphatic heterocycles. The molecule has 1 fully saturated rings. The first kappa shape index (κ1) is 17.9. The van der Waals surface area contributed by atoms with Gasteiger partial charge in [-0.2, -0.15) is 0 Å². The summed E-state index contributed by atoms with van der Waals surface area (Å²) >= 11 is 0. The van der Waals surface area contributed by atoms with E-state index in [4.69, 9.17) is 14.0 Å². The summed E-state index contributed by atoms with van der Waals surface area (Å²) in [6.07, 6.45) is 5.29. The molecule has 0 unspecified atom stereocenters. The maximum absolute atomic E-state index is 12.3. The van der Waals surface area contributed by atoms with Crippen LogP contribution in [0.2, 0.25) is 0 Å². The van der Waals surface area contributed by atoms with Crippen molar-refractivity contribution in [1.82, 2.24) is 10.1 Å². The average Bonchev–Trinajstić information content (AvgIpc) is 3.17. The summed E-state index contributed by atoms with van der Waals surface area (Å²) in [4.78, 5) is 14.2. The fraction of sp³-hybridized carbons (Fsp3) is 0.500. The monoisotopic (exact) mass is 371 g/mol. The number of likely N-dealkylation sites (N-methyl/N-ethyl adjacent to an activating group) is 1. The molecule has 1 aromatic heterocycles. The molecule has 0 atom stereocenters. The largest absolute Gasteiger partial charge is 0.448 e. The van der Waals surface area contributed by atoms with Gasteiger partial charge in [0.2, 0.25) is 5.91 Å². The molecule has 27 heavy (non-hydrogen) atoms. The number of hydrogen-bond acceptors (Lipinski definition) is 6. The van der Waals surface area contributed by atoms with Crippen LogP contribution in [0.1, 0.15) is 43.6 Å². The molecule has 0 saturated heterocycles. The van der Waals surface area contributed by atoms with Crippen molar-refractivity contribution in [2.75, 3.05) is 18.9 Å². The molecule has 0 radical (unpaired) electrons. The number of carbonyl (C=O) groups is 1. The Labute approximate surface area is 158 Å². The molecule has 2 aliphatic rings. The minimum atomic E-state index is -0.501. The molecule has 0 bridgehead atoms. The molecular weight excluding hydrogens is 346 g/mol. The summed E-state index contributed by atoms with van der Waals surface area (Å²) in [6.45, 7) is 2.65. The molecular formula is C20H25N3O4. The van der Waals surface area contributed by atoms with Crippen LogP contribution in [0.3, 0.4) is 0 Å². The fourth-order valence-corrected chi connectivity index (χ4v) is 3.74. The Morgan fingerprint density at radius 2 is 1.96 bits per heavy atom. The number of benzene rings is 1. The molecule has 144 valence electrons. The third kappa shape index (κ3) is 4.08. The van der Waals surface area contributed by atoms with Crippen LogP contribution in [0.5, 0.6) is 11.5 Å². The number of nitrogens with zero attached hydrogens (tertiary/aromatic N) is 2. The highest BCUT2D eigenvalue weighted by Gasteiger charge is 2.42. The maximum atomic E-state index is 12.3. The molecule has 1 aliphatic carbocycles. The van der Waals surface area contributed by atoms with Gasteiger partial charge in [-0.1, -0.05) is 11.6 Å². The van der Waals surface area contributed by atoms with Crippen molar-refractivity contribution < 1.29 is 18.8 Å². The standard InChI is InChI=1S/C20H25N3O4/c1-14-10-16(22-27-14)12-23(2)13-19(24)21-15-6-7-17-18(11-15)26-20(25-17)8-4-3-5-9-20/h6-7,10-11H,3-5,8-9,12-13H2,1-2H3,(H,21,24). The normalized spacial score (nSPS) is 17.4. The van der Waals surface area contributed by atoms with Crippen molar-refractivity contribution in [2.24, 2.45) is 0 Å². The lowest BCUT2D eigenvalue weighted by atomic mass is 9.94. The molecule has 7 nitrogen and oxygen atoms in total. The first-order chi connectivity index (χ1) is 13.0. The van der Waals surface area contributed by atoms with E-state index in [9.17, 15) is 4.79 Å². The molecule has 2 heterocycles. The number of hydrogen-bond donors (Lipinski definition) is 1. The molecule has 1 N–H and O–H groups in total. The predicted molar refractivity (Wildman–Crippen MR) is 99.7 cm³/mol. The van der Waals surface area contributed by atoms with Crippen LogP contribution in [-0.2, 0) is 11.3 Å². The molecule has 2 aromatic rings. The summed E-state index contributed by atoms with van der Waals surface area (Å²) in [5, 5.41) is 6.87. The van der Waals surface area contributed by atoms with Crippen molar-refractivity contribution >= 4 is 11.6 Å². The van der Waals surface area contributed by atoms with Crippen LogP contribution in [0.15, 0.2) is 28.8 Å². The number of rotatable bonds is 5. The Morgan fingerprint density at radius 3 is 2.70 bits per heavy atom.